The summed E-state index contributed by atoms with van der Waals surface area (Å²) in [5.41, 5.74) is 0.990. The molecule has 0 spiro atoms. The molecule has 7 nitrogen and oxygen atoms in total. The molecule has 3 rings (SSSR count). The highest BCUT2D eigenvalue weighted by Gasteiger charge is 2.22. The van der Waals surface area contributed by atoms with E-state index < -0.39 is 10.0 Å². The molecule has 0 bridgehead atoms. The molecule has 2 aromatic carbocycles. The fourth-order valence-electron chi connectivity index (χ4n) is 2.74. The van der Waals surface area contributed by atoms with Gasteiger partial charge in [-0.15, -0.1) is 0 Å². The zero-order valence-corrected chi connectivity index (χ0v) is 15.7. The Kier molecular flexibility index (Phi) is 5.36. The van der Waals surface area contributed by atoms with Gasteiger partial charge >= 0.3 is 0 Å². The van der Waals surface area contributed by atoms with Gasteiger partial charge in [-0.05, 0) is 43.9 Å². The first-order chi connectivity index (χ1) is 12.4. The summed E-state index contributed by atoms with van der Waals surface area (Å²) in [5.74, 6) is 1.74. The number of hydrogen-bond donors (Lipinski definition) is 1. The lowest BCUT2D eigenvalue weighted by atomic mass is 10.1. The van der Waals surface area contributed by atoms with Crippen LogP contribution in [-0.2, 0) is 10.0 Å². The van der Waals surface area contributed by atoms with Gasteiger partial charge in [-0.3, -0.25) is 0 Å². The summed E-state index contributed by atoms with van der Waals surface area (Å²) in [6, 6.07) is 12.0. The van der Waals surface area contributed by atoms with E-state index in [1.165, 1.54) is 12.1 Å². The Bertz CT molecular complexity index is 866. The van der Waals surface area contributed by atoms with E-state index in [4.69, 9.17) is 14.2 Å². The molecule has 0 saturated carbocycles. The maximum absolute atomic E-state index is 12.6. The SMILES string of the molecule is COc1ccc([C@H](CNS(=O)(=O)c2ccc3c(c2)OCO3)N(C)C)cc1. The number of fused-ring (bicyclic) bond motifs is 1. The van der Waals surface area contributed by atoms with Crippen LogP contribution in [-0.4, -0.2) is 47.9 Å². The molecule has 0 saturated heterocycles. The first kappa shape index (κ1) is 18.5. The highest BCUT2D eigenvalue weighted by Crippen LogP contribution is 2.33. The molecule has 26 heavy (non-hydrogen) atoms. The highest BCUT2D eigenvalue weighted by atomic mass is 32.2. The highest BCUT2D eigenvalue weighted by molar-refractivity contribution is 7.89. The van der Waals surface area contributed by atoms with Crippen molar-refractivity contribution in [3.63, 3.8) is 0 Å². The summed E-state index contributed by atoms with van der Waals surface area (Å²) < 4.78 is 43.6. The van der Waals surface area contributed by atoms with Crippen LogP contribution in [0, 0.1) is 0 Å². The third-order valence-corrected chi connectivity index (χ3v) is 5.67. The van der Waals surface area contributed by atoms with E-state index >= 15 is 0 Å². The Morgan fingerprint density at radius 1 is 1.12 bits per heavy atom. The number of hydrogen-bond acceptors (Lipinski definition) is 6. The molecular formula is C18H22N2O5S. The average Bonchev–Trinajstić information content (AvgIpc) is 3.10. The van der Waals surface area contributed by atoms with Crippen molar-refractivity contribution in [1.82, 2.24) is 9.62 Å². The van der Waals surface area contributed by atoms with Gasteiger partial charge in [0.1, 0.15) is 5.75 Å². The minimum Gasteiger partial charge on any atom is -0.497 e. The smallest absolute Gasteiger partial charge is 0.240 e. The van der Waals surface area contributed by atoms with Crippen LogP contribution in [0.15, 0.2) is 47.4 Å². The van der Waals surface area contributed by atoms with Gasteiger partial charge in [-0.2, -0.15) is 0 Å². The molecule has 140 valence electrons. The van der Waals surface area contributed by atoms with Crippen LogP contribution in [0.1, 0.15) is 11.6 Å². The zero-order chi connectivity index (χ0) is 18.7. The van der Waals surface area contributed by atoms with E-state index in [2.05, 4.69) is 4.72 Å². The molecule has 0 aromatic heterocycles. The summed E-state index contributed by atoms with van der Waals surface area (Å²) in [5, 5.41) is 0. The summed E-state index contributed by atoms with van der Waals surface area (Å²) in [7, 11) is 1.75. The number of sulfonamides is 1. The predicted octanol–water partition coefficient (Wildman–Crippen LogP) is 2.01. The van der Waals surface area contributed by atoms with Crippen LogP contribution < -0.4 is 18.9 Å². The van der Waals surface area contributed by atoms with E-state index in [-0.39, 0.29) is 24.3 Å². The third-order valence-electron chi connectivity index (χ3n) is 4.24. The van der Waals surface area contributed by atoms with Gasteiger partial charge in [0, 0.05) is 18.7 Å². The lowest BCUT2D eigenvalue weighted by Gasteiger charge is -2.25. The van der Waals surface area contributed by atoms with Crippen molar-refractivity contribution in [1.29, 1.82) is 0 Å². The molecule has 0 fully saturated rings. The van der Waals surface area contributed by atoms with Gasteiger partial charge in [0.15, 0.2) is 11.5 Å². The Hall–Kier alpha value is -2.29. The molecular weight excluding hydrogens is 356 g/mol. The fraction of sp³-hybridized carbons (Fsp3) is 0.333. The molecule has 1 aliphatic heterocycles. The van der Waals surface area contributed by atoms with Gasteiger partial charge in [0.2, 0.25) is 16.8 Å². The van der Waals surface area contributed by atoms with Crippen LogP contribution in [0.4, 0.5) is 0 Å². The van der Waals surface area contributed by atoms with Crippen molar-refractivity contribution in [2.45, 2.75) is 10.9 Å². The summed E-state index contributed by atoms with van der Waals surface area (Å²) in [6.45, 7) is 0.336. The van der Waals surface area contributed by atoms with Crippen LogP contribution in [0.2, 0.25) is 0 Å². The number of nitrogens with zero attached hydrogens (tertiary/aromatic N) is 1. The second-order valence-electron chi connectivity index (χ2n) is 6.12. The number of rotatable bonds is 7. The molecule has 8 heteroatoms. The van der Waals surface area contributed by atoms with Crippen molar-refractivity contribution in [2.24, 2.45) is 0 Å². The molecule has 0 aliphatic carbocycles. The van der Waals surface area contributed by atoms with Crippen LogP contribution in [0.25, 0.3) is 0 Å². The van der Waals surface area contributed by atoms with E-state index in [0.29, 0.717) is 11.5 Å². The number of likely N-dealkylation sites (N-methyl/N-ethyl adjacent to an activating group) is 1. The first-order valence-electron chi connectivity index (χ1n) is 8.10. The van der Waals surface area contributed by atoms with Crippen molar-refractivity contribution < 1.29 is 22.6 Å². The van der Waals surface area contributed by atoms with E-state index in [1.807, 2.05) is 43.3 Å². The molecule has 2 aromatic rings. The third kappa shape index (κ3) is 3.92. The van der Waals surface area contributed by atoms with Crippen LogP contribution >= 0.6 is 0 Å². The molecule has 1 heterocycles. The average molecular weight is 378 g/mol. The quantitative estimate of drug-likeness (QED) is 0.794. The fourth-order valence-corrected chi connectivity index (χ4v) is 3.79. The van der Waals surface area contributed by atoms with Gasteiger partial charge in [-0.25, -0.2) is 13.1 Å². The van der Waals surface area contributed by atoms with Crippen LogP contribution in [0.3, 0.4) is 0 Å². The molecule has 0 radical (unpaired) electrons. The number of benzene rings is 2. The first-order valence-corrected chi connectivity index (χ1v) is 9.59. The van der Waals surface area contributed by atoms with E-state index in [9.17, 15) is 8.42 Å². The van der Waals surface area contributed by atoms with Gasteiger partial charge in [0.25, 0.3) is 0 Å². The van der Waals surface area contributed by atoms with Crippen molar-refractivity contribution >= 4 is 10.0 Å². The molecule has 1 aliphatic rings. The van der Waals surface area contributed by atoms with Gasteiger partial charge in [0.05, 0.1) is 12.0 Å². The topological polar surface area (TPSA) is 77.1 Å². The Morgan fingerprint density at radius 3 is 2.46 bits per heavy atom. The monoisotopic (exact) mass is 378 g/mol. The predicted molar refractivity (Wildman–Crippen MR) is 97.2 cm³/mol. The minimum absolute atomic E-state index is 0.104. The van der Waals surface area contributed by atoms with E-state index in [1.54, 1.807) is 13.2 Å². The Balaban J connectivity index is 1.75. The molecule has 1 N–H and O–H groups in total. The Morgan fingerprint density at radius 2 is 1.81 bits per heavy atom. The Labute approximate surface area is 153 Å². The van der Waals surface area contributed by atoms with Crippen LogP contribution in [0.5, 0.6) is 17.2 Å². The standard InChI is InChI=1S/C18H22N2O5S/c1-20(2)16(13-4-6-14(23-3)7-5-13)11-19-26(21,22)15-8-9-17-18(10-15)25-12-24-17/h4-10,16,19H,11-12H2,1-3H3/t16-/m0/s1. The number of methoxy groups -OCH3 is 1. The van der Waals surface area contributed by atoms with Crippen molar-refractivity contribution in [3.05, 3.63) is 48.0 Å². The molecule has 0 amide bonds. The maximum atomic E-state index is 12.6. The number of nitrogens with one attached hydrogen (secondary N) is 1. The normalized spacial score (nSPS) is 14.5. The van der Waals surface area contributed by atoms with E-state index in [0.717, 1.165) is 11.3 Å². The molecule has 0 unspecified atom stereocenters. The summed E-state index contributed by atoms with van der Waals surface area (Å²) >= 11 is 0. The summed E-state index contributed by atoms with van der Waals surface area (Å²) in [4.78, 5) is 2.11. The number of ether oxygens (including phenoxy) is 3. The maximum Gasteiger partial charge on any atom is 0.240 e. The van der Waals surface area contributed by atoms with Gasteiger partial charge < -0.3 is 19.1 Å². The second-order valence-corrected chi connectivity index (χ2v) is 7.89. The van der Waals surface area contributed by atoms with Crippen molar-refractivity contribution in [2.75, 3.05) is 34.5 Å². The minimum atomic E-state index is -3.67. The molecule has 1 atom stereocenters. The largest absolute Gasteiger partial charge is 0.497 e. The lowest BCUT2D eigenvalue weighted by Crippen LogP contribution is -2.34. The van der Waals surface area contributed by atoms with Crippen molar-refractivity contribution in [3.8, 4) is 17.2 Å². The summed E-state index contributed by atoms with van der Waals surface area (Å²) in [6.07, 6.45) is 0. The lowest BCUT2D eigenvalue weighted by molar-refractivity contribution is 0.174. The van der Waals surface area contributed by atoms with Gasteiger partial charge in [-0.1, -0.05) is 12.1 Å². The zero-order valence-electron chi connectivity index (χ0n) is 14.9. The second kappa shape index (κ2) is 7.53.